The van der Waals surface area contributed by atoms with Crippen molar-refractivity contribution in [3.8, 4) is 0 Å². The van der Waals surface area contributed by atoms with Gasteiger partial charge >= 0.3 is 0 Å². The molecule has 0 saturated carbocycles. The van der Waals surface area contributed by atoms with Crippen molar-refractivity contribution in [1.82, 2.24) is 0 Å². The molecule has 1 nitrogen and oxygen atoms in total. The quantitative estimate of drug-likeness (QED) is 0.707. The molecule has 2 aliphatic rings. The molecule has 2 aliphatic carbocycles. The van der Waals surface area contributed by atoms with Gasteiger partial charge in [-0.1, -0.05) is 22.9 Å². The van der Waals surface area contributed by atoms with E-state index in [0.29, 0.717) is 5.78 Å². The van der Waals surface area contributed by atoms with Gasteiger partial charge in [0, 0.05) is 16.0 Å². The van der Waals surface area contributed by atoms with Gasteiger partial charge in [-0.3, -0.25) is 4.79 Å². The van der Waals surface area contributed by atoms with Crippen LogP contribution in [0.2, 0.25) is 0 Å². The zero-order valence-corrected chi connectivity index (χ0v) is 11.1. The summed E-state index contributed by atoms with van der Waals surface area (Å²) in [6.07, 6.45) is 5.86. The molecule has 1 aromatic rings. The van der Waals surface area contributed by atoms with Gasteiger partial charge in [-0.15, -0.1) is 0 Å². The summed E-state index contributed by atoms with van der Waals surface area (Å²) >= 11 is 3.63. The Bertz CT molecular complexity index is 476. The molecule has 0 aliphatic heterocycles. The van der Waals surface area contributed by atoms with Gasteiger partial charge in [-0.25, -0.2) is 0 Å². The lowest BCUT2D eigenvalue weighted by Gasteiger charge is -2.20. The van der Waals surface area contributed by atoms with Crippen LogP contribution in [0.25, 0.3) is 0 Å². The number of fused-ring (bicyclic) bond motifs is 3. The Labute approximate surface area is 104 Å². The molecule has 0 heterocycles. The maximum absolute atomic E-state index is 12.0. The Morgan fingerprint density at radius 2 is 1.88 bits per heavy atom. The minimum absolute atomic E-state index is 0.190. The normalized spacial score (nSPS) is 23.1. The third-order valence-electron chi connectivity index (χ3n) is 3.94. The van der Waals surface area contributed by atoms with Crippen LogP contribution in [0.5, 0.6) is 0 Å². The number of hydrogen-bond donors (Lipinski definition) is 0. The number of halogens is 1. The average molecular weight is 279 g/mol. The standard InChI is InChI=1S/C14H15BrO/c1-8-6-11-9-4-2-3-5-10(9)13(15)7-12(11)14(8)16/h7-8H,2-6H2,1H3. The lowest BCUT2D eigenvalue weighted by Crippen LogP contribution is -2.08. The van der Waals surface area contributed by atoms with E-state index in [-0.39, 0.29) is 5.92 Å². The molecule has 0 spiro atoms. The Morgan fingerprint density at radius 3 is 2.62 bits per heavy atom. The summed E-state index contributed by atoms with van der Waals surface area (Å²) in [5.74, 6) is 0.527. The van der Waals surface area contributed by atoms with E-state index in [0.717, 1.165) is 22.9 Å². The molecule has 0 bridgehead atoms. The average Bonchev–Trinajstić information content (AvgIpc) is 2.57. The van der Waals surface area contributed by atoms with Gasteiger partial charge in [-0.05, 0) is 54.9 Å². The van der Waals surface area contributed by atoms with E-state index in [4.69, 9.17) is 0 Å². The molecule has 16 heavy (non-hydrogen) atoms. The number of benzene rings is 1. The van der Waals surface area contributed by atoms with E-state index >= 15 is 0 Å². The van der Waals surface area contributed by atoms with Crippen LogP contribution in [-0.2, 0) is 19.3 Å². The summed E-state index contributed by atoms with van der Waals surface area (Å²) in [5, 5.41) is 0. The summed E-state index contributed by atoms with van der Waals surface area (Å²) in [6.45, 7) is 2.05. The van der Waals surface area contributed by atoms with Crippen LogP contribution >= 0.6 is 15.9 Å². The number of Topliss-reactive ketones (excluding diaryl/α,β-unsaturated/α-hetero) is 1. The topological polar surface area (TPSA) is 17.1 Å². The second-order valence-electron chi connectivity index (χ2n) is 5.02. The molecular formula is C14H15BrO. The predicted molar refractivity (Wildman–Crippen MR) is 68.0 cm³/mol. The van der Waals surface area contributed by atoms with E-state index in [1.807, 2.05) is 6.92 Å². The van der Waals surface area contributed by atoms with E-state index in [9.17, 15) is 4.79 Å². The molecule has 0 fully saturated rings. The van der Waals surface area contributed by atoms with Gasteiger partial charge in [0.1, 0.15) is 0 Å². The first kappa shape index (κ1) is 10.5. The summed E-state index contributed by atoms with van der Waals surface area (Å²) in [6, 6.07) is 2.06. The molecule has 1 unspecified atom stereocenters. The van der Waals surface area contributed by atoms with Gasteiger partial charge in [0.25, 0.3) is 0 Å². The smallest absolute Gasteiger partial charge is 0.166 e. The van der Waals surface area contributed by atoms with Crippen molar-refractivity contribution in [1.29, 1.82) is 0 Å². The van der Waals surface area contributed by atoms with Gasteiger partial charge < -0.3 is 0 Å². The van der Waals surface area contributed by atoms with Gasteiger partial charge in [0.2, 0.25) is 0 Å². The largest absolute Gasteiger partial charge is 0.294 e. The van der Waals surface area contributed by atoms with E-state index in [2.05, 4.69) is 22.0 Å². The van der Waals surface area contributed by atoms with Crippen LogP contribution < -0.4 is 0 Å². The molecule has 2 heteroatoms. The van der Waals surface area contributed by atoms with Crippen LogP contribution in [-0.4, -0.2) is 5.78 Å². The van der Waals surface area contributed by atoms with E-state index < -0.39 is 0 Å². The molecule has 0 radical (unpaired) electrons. The number of rotatable bonds is 0. The summed E-state index contributed by atoms with van der Waals surface area (Å²) in [4.78, 5) is 12.0. The molecule has 84 valence electrons. The number of ketones is 1. The van der Waals surface area contributed by atoms with Gasteiger partial charge in [0.05, 0.1) is 0 Å². The second kappa shape index (κ2) is 3.69. The minimum Gasteiger partial charge on any atom is -0.294 e. The number of hydrogen-bond acceptors (Lipinski definition) is 1. The Kier molecular flexibility index (Phi) is 2.43. The first-order chi connectivity index (χ1) is 7.68. The summed E-state index contributed by atoms with van der Waals surface area (Å²) in [5.41, 5.74) is 5.29. The van der Waals surface area contributed by atoms with Crippen LogP contribution in [0.4, 0.5) is 0 Å². The third-order valence-corrected chi connectivity index (χ3v) is 4.65. The fourth-order valence-electron chi connectivity index (χ4n) is 3.08. The monoisotopic (exact) mass is 278 g/mol. The first-order valence-electron chi connectivity index (χ1n) is 6.06. The Hall–Kier alpha value is -0.630. The van der Waals surface area contributed by atoms with E-state index in [1.165, 1.54) is 36.0 Å². The van der Waals surface area contributed by atoms with Crippen LogP contribution in [0.15, 0.2) is 10.5 Å². The zero-order valence-electron chi connectivity index (χ0n) is 9.48. The summed E-state index contributed by atoms with van der Waals surface area (Å²) < 4.78 is 1.16. The fourth-order valence-corrected chi connectivity index (χ4v) is 3.75. The SMILES string of the molecule is CC1Cc2c(cc(Br)c3c2CCCC3)C1=O. The lowest BCUT2D eigenvalue weighted by molar-refractivity contribution is 0.0946. The highest BCUT2D eigenvalue weighted by Gasteiger charge is 2.31. The maximum Gasteiger partial charge on any atom is 0.166 e. The van der Waals surface area contributed by atoms with Crippen molar-refractivity contribution in [3.05, 3.63) is 32.8 Å². The highest BCUT2D eigenvalue weighted by molar-refractivity contribution is 9.10. The molecule has 1 aromatic carbocycles. The van der Waals surface area contributed by atoms with Crippen molar-refractivity contribution in [2.45, 2.75) is 39.0 Å². The predicted octanol–water partition coefficient (Wildman–Crippen LogP) is 3.70. The number of carbonyl (C=O) groups is 1. The maximum atomic E-state index is 12.0. The lowest BCUT2D eigenvalue weighted by atomic mass is 9.86. The summed E-state index contributed by atoms with van der Waals surface area (Å²) in [7, 11) is 0. The highest BCUT2D eigenvalue weighted by atomic mass is 79.9. The van der Waals surface area contributed by atoms with Crippen molar-refractivity contribution in [3.63, 3.8) is 0 Å². The van der Waals surface area contributed by atoms with Gasteiger partial charge in [-0.2, -0.15) is 0 Å². The molecule has 0 N–H and O–H groups in total. The van der Waals surface area contributed by atoms with Crippen LogP contribution in [0.1, 0.15) is 46.8 Å². The molecular weight excluding hydrogens is 264 g/mol. The highest BCUT2D eigenvalue weighted by Crippen LogP contribution is 2.38. The second-order valence-corrected chi connectivity index (χ2v) is 5.87. The molecule has 3 rings (SSSR count). The van der Waals surface area contributed by atoms with Crippen LogP contribution in [0, 0.1) is 5.92 Å². The van der Waals surface area contributed by atoms with Crippen molar-refractivity contribution in [2.24, 2.45) is 5.92 Å². The minimum atomic E-state index is 0.190. The van der Waals surface area contributed by atoms with Crippen molar-refractivity contribution >= 4 is 21.7 Å². The molecule has 1 atom stereocenters. The van der Waals surface area contributed by atoms with Crippen molar-refractivity contribution in [2.75, 3.05) is 0 Å². The van der Waals surface area contributed by atoms with Crippen molar-refractivity contribution < 1.29 is 4.79 Å². The first-order valence-corrected chi connectivity index (χ1v) is 6.85. The Balaban J connectivity index is 2.23. The Morgan fingerprint density at radius 1 is 1.19 bits per heavy atom. The molecule has 0 amide bonds. The molecule has 0 saturated heterocycles. The molecule has 0 aromatic heterocycles. The third kappa shape index (κ3) is 1.39. The van der Waals surface area contributed by atoms with Gasteiger partial charge in [0.15, 0.2) is 5.78 Å². The van der Waals surface area contributed by atoms with E-state index in [1.54, 1.807) is 0 Å². The van der Waals surface area contributed by atoms with Crippen LogP contribution in [0.3, 0.4) is 0 Å². The zero-order chi connectivity index (χ0) is 11.3. The number of carbonyl (C=O) groups excluding carboxylic acids is 1. The fraction of sp³-hybridized carbons (Fsp3) is 0.500.